The molecule has 0 spiro atoms. The third-order valence-corrected chi connectivity index (χ3v) is 2.44. The van der Waals surface area contributed by atoms with Crippen LogP contribution in [-0.2, 0) is 6.54 Å². The Labute approximate surface area is 101 Å². The summed E-state index contributed by atoms with van der Waals surface area (Å²) in [4.78, 5) is 4.31. The Morgan fingerprint density at radius 1 is 1.29 bits per heavy atom. The molecule has 0 aliphatic carbocycles. The van der Waals surface area contributed by atoms with Gasteiger partial charge in [-0.3, -0.25) is 0 Å². The number of rotatable bonds is 5. The van der Waals surface area contributed by atoms with Gasteiger partial charge in [0.05, 0.1) is 18.6 Å². The Morgan fingerprint density at radius 3 is 2.71 bits per heavy atom. The fraction of sp³-hybridized carbons (Fsp3) is 0.308. The molecule has 0 aliphatic heterocycles. The first-order chi connectivity index (χ1) is 8.33. The number of ether oxygens (including phenoxy) is 1. The van der Waals surface area contributed by atoms with Crippen LogP contribution in [0.25, 0.3) is 5.69 Å². The van der Waals surface area contributed by atoms with Gasteiger partial charge in [0.1, 0.15) is 5.75 Å². The fourth-order valence-corrected chi connectivity index (χ4v) is 1.66. The van der Waals surface area contributed by atoms with Crippen molar-refractivity contribution in [2.45, 2.75) is 13.5 Å². The van der Waals surface area contributed by atoms with E-state index in [-0.39, 0.29) is 0 Å². The molecule has 17 heavy (non-hydrogen) atoms. The van der Waals surface area contributed by atoms with E-state index in [1.54, 1.807) is 0 Å². The van der Waals surface area contributed by atoms with Crippen molar-refractivity contribution in [1.29, 1.82) is 0 Å². The van der Waals surface area contributed by atoms with Crippen LogP contribution in [0.5, 0.6) is 5.75 Å². The lowest BCUT2D eigenvalue weighted by atomic mass is 10.3. The van der Waals surface area contributed by atoms with E-state index in [1.807, 2.05) is 55.3 Å². The van der Waals surface area contributed by atoms with Crippen molar-refractivity contribution < 1.29 is 4.74 Å². The Kier molecular flexibility index (Phi) is 3.77. The van der Waals surface area contributed by atoms with E-state index in [4.69, 9.17) is 4.74 Å². The van der Waals surface area contributed by atoms with Crippen LogP contribution in [-0.4, -0.2) is 23.2 Å². The maximum Gasteiger partial charge on any atom is 0.119 e. The molecular weight excluding hydrogens is 214 g/mol. The van der Waals surface area contributed by atoms with Crippen molar-refractivity contribution in [1.82, 2.24) is 14.9 Å². The van der Waals surface area contributed by atoms with Gasteiger partial charge in [-0.15, -0.1) is 0 Å². The van der Waals surface area contributed by atoms with Gasteiger partial charge in [0.15, 0.2) is 0 Å². The molecule has 4 nitrogen and oxygen atoms in total. The molecule has 0 atom stereocenters. The topological polar surface area (TPSA) is 39.1 Å². The van der Waals surface area contributed by atoms with Crippen LogP contribution < -0.4 is 10.1 Å². The number of imidazole rings is 1. The van der Waals surface area contributed by atoms with Crippen molar-refractivity contribution in [3.8, 4) is 11.4 Å². The van der Waals surface area contributed by atoms with Crippen molar-refractivity contribution in [2.75, 3.05) is 13.7 Å². The molecule has 0 unspecified atom stereocenters. The number of aromatic nitrogens is 2. The molecule has 0 aliphatic rings. The number of nitrogens with one attached hydrogen (secondary N) is 1. The zero-order valence-electron chi connectivity index (χ0n) is 10.2. The summed E-state index contributed by atoms with van der Waals surface area (Å²) in [5, 5.41) is 3.08. The van der Waals surface area contributed by atoms with Crippen LogP contribution in [0.1, 0.15) is 12.6 Å². The molecule has 0 fully saturated rings. The van der Waals surface area contributed by atoms with Gasteiger partial charge in [-0.1, -0.05) is 0 Å². The highest BCUT2D eigenvalue weighted by molar-refractivity contribution is 5.37. The van der Waals surface area contributed by atoms with Gasteiger partial charge >= 0.3 is 0 Å². The summed E-state index contributed by atoms with van der Waals surface area (Å²) in [7, 11) is 1.91. The highest BCUT2D eigenvalue weighted by Gasteiger charge is 2.00. The van der Waals surface area contributed by atoms with Crippen LogP contribution in [0.15, 0.2) is 36.8 Å². The van der Waals surface area contributed by atoms with Crippen molar-refractivity contribution >= 4 is 0 Å². The quantitative estimate of drug-likeness (QED) is 0.855. The predicted octanol–water partition coefficient (Wildman–Crippen LogP) is 1.99. The molecule has 2 aromatic rings. The minimum absolute atomic E-state index is 0.691. The van der Waals surface area contributed by atoms with E-state index in [0.717, 1.165) is 23.7 Å². The maximum atomic E-state index is 5.41. The number of nitrogens with zero attached hydrogens (tertiary/aromatic N) is 2. The SMILES string of the molecule is CCOc1ccc(-n2cnc(CNC)c2)cc1. The molecule has 1 aromatic heterocycles. The van der Waals surface area contributed by atoms with E-state index < -0.39 is 0 Å². The smallest absolute Gasteiger partial charge is 0.119 e. The second-order valence-electron chi connectivity index (χ2n) is 3.73. The van der Waals surface area contributed by atoms with Crippen molar-refractivity contribution in [3.63, 3.8) is 0 Å². The largest absolute Gasteiger partial charge is 0.494 e. The summed E-state index contributed by atoms with van der Waals surface area (Å²) in [6.45, 7) is 3.45. The summed E-state index contributed by atoms with van der Waals surface area (Å²) in [5.41, 5.74) is 2.12. The first-order valence-corrected chi connectivity index (χ1v) is 5.74. The van der Waals surface area contributed by atoms with Gasteiger partial charge in [-0.2, -0.15) is 0 Å². The molecule has 2 rings (SSSR count). The van der Waals surface area contributed by atoms with Crippen molar-refractivity contribution in [2.24, 2.45) is 0 Å². The van der Waals surface area contributed by atoms with E-state index >= 15 is 0 Å². The zero-order chi connectivity index (χ0) is 12.1. The van der Waals surface area contributed by atoms with Crippen LogP contribution in [0.4, 0.5) is 0 Å². The first-order valence-electron chi connectivity index (χ1n) is 5.74. The third-order valence-electron chi connectivity index (χ3n) is 2.44. The molecular formula is C13H17N3O. The molecule has 0 saturated carbocycles. The predicted molar refractivity (Wildman–Crippen MR) is 67.5 cm³/mol. The van der Waals surface area contributed by atoms with Crippen LogP contribution in [0, 0.1) is 0 Å². The minimum atomic E-state index is 0.691. The number of hydrogen-bond acceptors (Lipinski definition) is 3. The Morgan fingerprint density at radius 2 is 2.06 bits per heavy atom. The van der Waals surface area contributed by atoms with Crippen LogP contribution in [0.3, 0.4) is 0 Å². The average molecular weight is 231 g/mol. The maximum absolute atomic E-state index is 5.41. The second-order valence-corrected chi connectivity index (χ2v) is 3.73. The molecule has 1 N–H and O–H groups in total. The van der Waals surface area contributed by atoms with Gasteiger partial charge in [0.2, 0.25) is 0 Å². The van der Waals surface area contributed by atoms with Gasteiger partial charge < -0.3 is 14.6 Å². The summed E-state index contributed by atoms with van der Waals surface area (Å²) in [6, 6.07) is 7.98. The lowest BCUT2D eigenvalue weighted by Gasteiger charge is -2.05. The molecule has 0 radical (unpaired) electrons. The summed E-state index contributed by atoms with van der Waals surface area (Å²) in [6.07, 6.45) is 3.84. The molecule has 90 valence electrons. The fourth-order valence-electron chi connectivity index (χ4n) is 1.66. The van der Waals surface area contributed by atoms with E-state index in [9.17, 15) is 0 Å². The van der Waals surface area contributed by atoms with E-state index in [2.05, 4.69) is 10.3 Å². The highest BCUT2D eigenvalue weighted by atomic mass is 16.5. The van der Waals surface area contributed by atoms with Crippen molar-refractivity contribution in [3.05, 3.63) is 42.5 Å². The normalized spacial score (nSPS) is 10.5. The Bertz CT molecular complexity index is 462. The third kappa shape index (κ3) is 2.85. The summed E-state index contributed by atoms with van der Waals surface area (Å²) in [5.74, 6) is 0.895. The summed E-state index contributed by atoms with van der Waals surface area (Å²) < 4.78 is 7.41. The molecule has 1 aromatic carbocycles. The molecule has 0 bridgehead atoms. The van der Waals surface area contributed by atoms with Gasteiger partial charge in [-0.25, -0.2) is 4.98 Å². The van der Waals surface area contributed by atoms with E-state index in [1.165, 1.54) is 0 Å². The Balaban J connectivity index is 2.15. The standard InChI is InChI=1S/C13H17N3O/c1-3-17-13-6-4-12(5-7-13)16-9-11(8-14-2)15-10-16/h4-7,9-10,14H,3,8H2,1-2H3. The van der Waals surface area contributed by atoms with Gasteiger partial charge in [0.25, 0.3) is 0 Å². The molecule has 0 amide bonds. The van der Waals surface area contributed by atoms with Gasteiger partial charge in [-0.05, 0) is 38.2 Å². The lowest BCUT2D eigenvalue weighted by molar-refractivity contribution is 0.340. The Hall–Kier alpha value is -1.81. The molecule has 4 heteroatoms. The highest BCUT2D eigenvalue weighted by Crippen LogP contribution is 2.15. The number of hydrogen-bond donors (Lipinski definition) is 1. The van der Waals surface area contributed by atoms with Crippen LogP contribution >= 0.6 is 0 Å². The minimum Gasteiger partial charge on any atom is -0.494 e. The van der Waals surface area contributed by atoms with Gasteiger partial charge in [0, 0.05) is 18.4 Å². The zero-order valence-corrected chi connectivity index (χ0v) is 10.2. The number of benzene rings is 1. The first kappa shape index (κ1) is 11.7. The monoisotopic (exact) mass is 231 g/mol. The van der Waals surface area contributed by atoms with Crippen LogP contribution in [0.2, 0.25) is 0 Å². The molecule has 0 saturated heterocycles. The summed E-state index contributed by atoms with van der Waals surface area (Å²) >= 11 is 0. The average Bonchev–Trinajstić information content (AvgIpc) is 2.80. The lowest BCUT2D eigenvalue weighted by Crippen LogP contribution is -2.04. The van der Waals surface area contributed by atoms with E-state index in [0.29, 0.717) is 6.61 Å². The molecule has 1 heterocycles. The second kappa shape index (κ2) is 5.50.